The lowest BCUT2D eigenvalue weighted by Gasteiger charge is -2.05. The van der Waals surface area contributed by atoms with E-state index in [4.69, 9.17) is 9.26 Å². The number of ether oxygens (including phenoxy) is 1. The molecular formula is C16H16N2O3S2. The predicted molar refractivity (Wildman–Crippen MR) is 91.0 cm³/mol. The van der Waals surface area contributed by atoms with Crippen LogP contribution in [0.15, 0.2) is 46.3 Å². The van der Waals surface area contributed by atoms with E-state index in [0.29, 0.717) is 24.1 Å². The van der Waals surface area contributed by atoms with E-state index in [0.717, 1.165) is 10.6 Å². The first-order chi connectivity index (χ1) is 11.2. The van der Waals surface area contributed by atoms with Crippen molar-refractivity contribution in [1.29, 1.82) is 0 Å². The van der Waals surface area contributed by atoms with Crippen molar-refractivity contribution in [3.8, 4) is 16.5 Å². The standard InChI is InChI=1S/C16H16N2O3S2/c1-12-4-6-13(7-5-12)20-8-10-23(19)11-15-17-16(18-21-15)14-3-2-9-22-14/h2-7,9H,8,10-11H2,1H3/t23-/m0/s1. The summed E-state index contributed by atoms with van der Waals surface area (Å²) in [6.45, 7) is 2.41. The average Bonchev–Trinajstić information content (AvgIpc) is 3.20. The van der Waals surface area contributed by atoms with Gasteiger partial charge in [-0.25, -0.2) is 0 Å². The molecule has 0 bridgehead atoms. The summed E-state index contributed by atoms with van der Waals surface area (Å²) in [5.74, 6) is 2.38. The molecule has 0 fully saturated rings. The molecule has 1 atom stereocenters. The van der Waals surface area contributed by atoms with Crippen LogP contribution in [0.4, 0.5) is 0 Å². The van der Waals surface area contributed by atoms with Crippen LogP contribution in [0.2, 0.25) is 0 Å². The van der Waals surface area contributed by atoms with Crippen molar-refractivity contribution in [2.24, 2.45) is 0 Å². The van der Waals surface area contributed by atoms with Gasteiger partial charge in [0, 0.05) is 10.8 Å². The van der Waals surface area contributed by atoms with Gasteiger partial charge in [0.15, 0.2) is 0 Å². The lowest BCUT2D eigenvalue weighted by molar-refractivity contribution is 0.342. The fraction of sp³-hybridized carbons (Fsp3) is 0.250. The third-order valence-electron chi connectivity index (χ3n) is 3.09. The number of thiophene rings is 1. The van der Waals surface area contributed by atoms with Crippen LogP contribution in [-0.2, 0) is 16.6 Å². The van der Waals surface area contributed by atoms with E-state index in [9.17, 15) is 4.21 Å². The molecule has 5 nitrogen and oxygen atoms in total. The van der Waals surface area contributed by atoms with Crippen molar-refractivity contribution in [1.82, 2.24) is 10.1 Å². The average molecular weight is 348 g/mol. The molecule has 0 saturated carbocycles. The van der Waals surface area contributed by atoms with Gasteiger partial charge in [-0.15, -0.1) is 11.3 Å². The second kappa shape index (κ2) is 7.52. The fourth-order valence-electron chi connectivity index (χ4n) is 1.92. The number of aromatic nitrogens is 2. The van der Waals surface area contributed by atoms with Crippen LogP contribution in [0.3, 0.4) is 0 Å². The van der Waals surface area contributed by atoms with E-state index < -0.39 is 10.8 Å². The van der Waals surface area contributed by atoms with Crippen molar-refractivity contribution in [3.63, 3.8) is 0 Å². The third kappa shape index (κ3) is 4.49. The van der Waals surface area contributed by atoms with Gasteiger partial charge in [-0.05, 0) is 30.5 Å². The van der Waals surface area contributed by atoms with E-state index in [-0.39, 0.29) is 5.75 Å². The van der Waals surface area contributed by atoms with E-state index >= 15 is 0 Å². The molecule has 0 aliphatic carbocycles. The second-order valence-electron chi connectivity index (χ2n) is 4.94. The Hall–Kier alpha value is -1.99. The summed E-state index contributed by atoms with van der Waals surface area (Å²) < 4.78 is 22.8. The van der Waals surface area contributed by atoms with Gasteiger partial charge in [0.05, 0.1) is 17.2 Å². The van der Waals surface area contributed by atoms with Crippen molar-refractivity contribution < 1.29 is 13.5 Å². The van der Waals surface area contributed by atoms with E-state index in [1.54, 1.807) is 0 Å². The number of rotatable bonds is 7. The Labute approximate surface area is 140 Å². The van der Waals surface area contributed by atoms with Gasteiger partial charge >= 0.3 is 0 Å². The number of hydrogen-bond donors (Lipinski definition) is 0. The van der Waals surface area contributed by atoms with Gasteiger partial charge in [-0.3, -0.25) is 4.21 Å². The first-order valence-corrected chi connectivity index (χ1v) is 9.48. The van der Waals surface area contributed by atoms with Gasteiger partial charge in [-0.2, -0.15) is 4.98 Å². The molecule has 0 amide bonds. The minimum atomic E-state index is -1.10. The zero-order valence-corrected chi connectivity index (χ0v) is 14.2. The summed E-state index contributed by atoms with van der Waals surface area (Å²) in [6.07, 6.45) is 0. The summed E-state index contributed by atoms with van der Waals surface area (Å²) in [4.78, 5) is 5.21. The van der Waals surface area contributed by atoms with Crippen molar-refractivity contribution >= 4 is 22.1 Å². The highest BCUT2D eigenvalue weighted by Gasteiger charge is 2.12. The van der Waals surface area contributed by atoms with Crippen LogP contribution in [0, 0.1) is 6.92 Å². The molecule has 0 saturated heterocycles. The smallest absolute Gasteiger partial charge is 0.239 e. The maximum Gasteiger partial charge on any atom is 0.239 e. The quantitative estimate of drug-likeness (QED) is 0.654. The molecule has 2 aromatic heterocycles. The Kier molecular flexibility index (Phi) is 5.19. The number of benzene rings is 1. The molecule has 0 aliphatic rings. The highest BCUT2D eigenvalue weighted by atomic mass is 32.2. The molecule has 7 heteroatoms. The SMILES string of the molecule is Cc1ccc(OCC[S@](=O)Cc2nc(-c3cccs3)no2)cc1. The van der Waals surface area contributed by atoms with Crippen molar-refractivity contribution in [2.45, 2.75) is 12.7 Å². The fourth-order valence-corrected chi connectivity index (χ4v) is 3.37. The Bertz CT molecular complexity index is 767. The molecular weight excluding hydrogens is 332 g/mol. The lowest BCUT2D eigenvalue weighted by atomic mass is 10.2. The topological polar surface area (TPSA) is 65.2 Å². The monoisotopic (exact) mass is 348 g/mol. The van der Waals surface area contributed by atoms with Gasteiger partial charge in [0.25, 0.3) is 0 Å². The number of hydrogen-bond acceptors (Lipinski definition) is 6. The van der Waals surface area contributed by atoms with Gasteiger partial charge < -0.3 is 9.26 Å². The molecule has 2 heterocycles. The normalized spacial score (nSPS) is 12.2. The Morgan fingerprint density at radius 3 is 2.83 bits per heavy atom. The molecule has 120 valence electrons. The van der Waals surface area contributed by atoms with Gasteiger partial charge in [0.2, 0.25) is 11.7 Å². The van der Waals surface area contributed by atoms with Crippen LogP contribution in [0.1, 0.15) is 11.5 Å². The largest absolute Gasteiger partial charge is 0.493 e. The van der Waals surface area contributed by atoms with Crippen LogP contribution in [0.5, 0.6) is 5.75 Å². The van der Waals surface area contributed by atoms with Crippen LogP contribution < -0.4 is 4.74 Å². The van der Waals surface area contributed by atoms with Crippen molar-refractivity contribution in [2.75, 3.05) is 12.4 Å². The lowest BCUT2D eigenvalue weighted by Crippen LogP contribution is -2.10. The molecule has 3 aromatic rings. The van der Waals surface area contributed by atoms with E-state index in [2.05, 4.69) is 10.1 Å². The third-order valence-corrected chi connectivity index (χ3v) is 5.15. The second-order valence-corrected chi connectivity index (χ2v) is 7.46. The Balaban J connectivity index is 1.47. The van der Waals surface area contributed by atoms with Gasteiger partial charge in [-0.1, -0.05) is 28.9 Å². The minimum Gasteiger partial charge on any atom is -0.493 e. The highest BCUT2D eigenvalue weighted by Crippen LogP contribution is 2.21. The molecule has 0 N–H and O–H groups in total. The Morgan fingerprint density at radius 1 is 1.26 bits per heavy atom. The highest BCUT2D eigenvalue weighted by molar-refractivity contribution is 7.84. The molecule has 1 aromatic carbocycles. The first-order valence-electron chi connectivity index (χ1n) is 7.11. The van der Waals surface area contributed by atoms with E-state index in [1.165, 1.54) is 16.9 Å². The predicted octanol–water partition coefficient (Wildman–Crippen LogP) is 3.43. The maximum absolute atomic E-state index is 12.1. The molecule has 0 unspecified atom stereocenters. The molecule has 0 spiro atoms. The summed E-state index contributed by atoms with van der Waals surface area (Å²) in [5.41, 5.74) is 1.18. The molecule has 0 aliphatic heterocycles. The molecule has 3 rings (SSSR count). The van der Waals surface area contributed by atoms with Gasteiger partial charge in [0.1, 0.15) is 11.5 Å². The van der Waals surface area contributed by atoms with Crippen LogP contribution in [-0.4, -0.2) is 26.7 Å². The summed E-state index contributed by atoms with van der Waals surface area (Å²) in [6, 6.07) is 11.6. The van der Waals surface area contributed by atoms with Crippen LogP contribution in [0.25, 0.3) is 10.7 Å². The molecule has 23 heavy (non-hydrogen) atoms. The Morgan fingerprint density at radius 2 is 2.09 bits per heavy atom. The molecule has 0 radical (unpaired) electrons. The maximum atomic E-state index is 12.1. The number of aryl methyl sites for hydroxylation is 1. The van der Waals surface area contributed by atoms with Crippen LogP contribution >= 0.6 is 11.3 Å². The summed E-state index contributed by atoms with van der Waals surface area (Å²) >= 11 is 1.54. The number of nitrogens with zero attached hydrogens (tertiary/aromatic N) is 2. The van der Waals surface area contributed by atoms with Crippen molar-refractivity contribution in [3.05, 3.63) is 53.2 Å². The summed E-state index contributed by atoms with van der Waals surface area (Å²) in [7, 11) is -1.10. The van der Waals surface area contributed by atoms with E-state index in [1.807, 2.05) is 48.7 Å². The zero-order valence-electron chi connectivity index (χ0n) is 12.6. The minimum absolute atomic E-state index is 0.246. The first kappa shape index (κ1) is 15.9. The zero-order chi connectivity index (χ0) is 16.1. The summed E-state index contributed by atoms with van der Waals surface area (Å²) in [5, 5.41) is 5.86.